The first-order valence-corrected chi connectivity index (χ1v) is 9.17. The monoisotopic (exact) mass is 337 g/mol. The van der Waals surface area contributed by atoms with Crippen LogP contribution in [0.2, 0.25) is 0 Å². The number of carbonyl (C=O) groups is 1. The normalized spacial score (nSPS) is 15.4. The number of nitrogens with zero attached hydrogens (tertiary/aromatic N) is 2. The summed E-state index contributed by atoms with van der Waals surface area (Å²) in [5.74, 6) is 0.644. The van der Waals surface area contributed by atoms with Crippen molar-refractivity contribution >= 4 is 11.6 Å². The molecule has 0 bridgehead atoms. The first-order chi connectivity index (χ1) is 12.1. The van der Waals surface area contributed by atoms with Gasteiger partial charge in [0.25, 0.3) is 5.91 Å². The van der Waals surface area contributed by atoms with Crippen LogP contribution < -0.4 is 10.2 Å². The Bertz CT molecular complexity index is 674. The van der Waals surface area contributed by atoms with Crippen LogP contribution in [0.3, 0.4) is 0 Å². The zero-order valence-electron chi connectivity index (χ0n) is 15.1. The van der Waals surface area contributed by atoms with Gasteiger partial charge in [0.2, 0.25) is 0 Å². The van der Waals surface area contributed by atoms with Gasteiger partial charge in [0.05, 0.1) is 11.9 Å². The molecule has 1 aromatic carbocycles. The minimum atomic E-state index is -0.108. The standard InChI is InChI=1S/C21H27N3O/c1-16(2)23-21(25)20-9-8-19(15-22-20)24-12-10-18(11-13-24)14-17-6-4-3-5-7-17/h3-9,15-16,18H,10-14H2,1-2H3,(H,23,25). The molecule has 1 fully saturated rings. The van der Waals surface area contributed by atoms with Gasteiger partial charge in [0, 0.05) is 19.1 Å². The average molecular weight is 337 g/mol. The average Bonchev–Trinajstić information content (AvgIpc) is 2.63. The van der Waals surface area contributed by atoms with Gasteiger partial charge in [-0.15, -0.1) is 0 Å². The van der Waals surface area contributed by atoms with Crippen molar-refractivity contribution in [1.82, 2.24) is 10.3 Å². The first-order valence-electron chi connectivity index (χ1n) is 9.17. The van der Waals surface area contributed by atoms with E-state index in [1.54, 1.807) is 0 Å². The first kappa shape index (κ1) is 17.5. The highest BCUT2D eigenvalue weighted by Crippen LogP contribution is 2.25. The smallest absolute Gasteiger partial charge is 0.270 e. The maximum absolute atomic E-state index is 12.0. The summed E-state index contributed by atoms with van der Waals surface area (Å²) in [7, 11) is 0. The molecule has 0 unspecified atom stereocenters. The number of rotatable bonds is 5. The Morgan fingerprint density at radius 3 is 2.48 bits per heavy atom. The lowest BCUT2D eigenvalue weighted by atomic mass is 9.90. The second-order valence-corrected chi connectivity index (χ2v) is 7.15. The summed E-state index contributed by atoms with van der Waals surface area (Å²) >= 11 is 0. The molecule has 2 heterocycles. The highest BCUT2D eigenvalue weighted by atomic mass is 16.1. The summed E-state index contributed by atoms with van der Waals surface area (Å²) in [5.41, 5.74) is 3.03. The van der Waals surface area contributed by atoms with E-state index in [0.29, 0.717) is 5.69 Å². The molecule has 1 aromatic heterocycles. The number of hydrogen-bond donors (Lipinski definition) is 1. The number of hydrogen-bond acceptors (Lipinski definition) is 3. The van der Waals surface area contributed by atoms with Crippen LogP contribution in [0.4, 0.5) is 5.69 Å². The molecule has 1 aliphatic rings. The van der Waals surface area contributed by atoms with E-state index in [9.17, 15) is 4.79 Å². The van der Waals surface area contributed by atoms with Crippen LogP contribution >= 0.6 is 0 Å². The number of anilines is 1. The minimum absolute atomic E-state index is 0.108. The van der Waals surface area contributed by atoms with Crippen LogP contribution in [0.25, 0.3) is 0 Å². The van der Waals surface area contributed by atoms with Crippen molar-refractivity contribution < 1.29 is 4.79 Å². The maximum atomic E-state index is 12.0. The number of piperidine rings is 1. The summed E-state index contributed by atoms with van der Waals surface area (Å²) in [4.78, 5) is 18.7. The Morgan fingerprint density at radius 1 is 1.16 bits per heavy atom. The van der Waals surface area contributed by atoms with Gasteiger partial charge in [0.1, 0.15) is 5.69 Å². The van der Waals surface area contributed by atoms with E-state index in [1.165, 1.54) is 24.8 Å². The van der Waals surface area contributed by atoms with Gasteiger partial charge in [-0.3, -0.25) is 4.79 Å². The van der Waals surface area contributed by atoms with Crippen molar-refractivity contribution in [2.75, 3.05) is 18.0 Å². The summed E-state index contributed by atoms with van der Waals surface area (Å²) in [6.45, 7) is 6.01. The topological polar surface area (TPSA) is 45.2 Å². The molecule has 4 heteroatoms. The van der Waals surface area contributed by atoms with Crippen molar-refractivity contribution in [2.24, 2.45) is 5.92 Å². The Balaban J connectivity index is 1.53. The van der Waals surface area contributed by atoms with Crippen molar-refractivity contribution in [2.45, 2.75) is 39.2 Å². The molecule has 0 aliphatic carbocycles. The van der Waals surface area contributed by atoms with Gasteiger partial charge in [-0.1, -0.05) is 30.3 Å². The molecule has 0 radical (unpaired) electrons. The highest BCUT2D eigenvalue weighted by molar-refractivity contribution is 5.92. The Morgan fingerprint density at radius 2 is 1.88 bits per heavy atom. The fourth-order valence-corrected chi connectivity index (χ4v) is 3.39. The van der Waals surface area contributed by atoms with E-state index in [4.69, 9.17) is 0 Å². The number of nitrogens with one attached hydrogen (secondary N) is 1. The van der Waals surface area contributed by atoms with Gasteiger partial charge in [-0.25, -0.2) is 4.98 Å². The fourth-order valence-electron chi connectivity index (χ4n) is 3.39. The molecule has 1 aliphatic heterocycles. The predicted octanol–water partition coefficient (Wildman–Crippen LogP) is 3.68. The third-order valence-electron chi connectivity index (χ3n) is 4.75. The second kappa shape index (κ2) is 8.15. The predicted molar refractivity (Wildman–Crippen MR) is 102 cm³/mol. The lowest BCUT2D eigenvalue weighted by Gasteiger charge is -2.33. The van der Waals surface area contributed by atoms with E-state index in [2.05, 4.69) is 45.5 Å². The molecule has 2 aromatic rings. The van der Waals surface area contributed by atoms with E-state index in [0.717, 1.165) is 24.7 Å². The van der Waals surface area contributed by atoms with E-state index in [-0.39, 0.29) is 11.9 Å². The van der Waals surface area contributed by atoms with Crippen LogP contribution in [0.5, 0.6) is 0 Å². The molecule has 4 nitrogen and oxygen atoms in total. The SMILES string of the molecule is CC(C)NC(=O)c1ccc(N2CCC(Cc3ccccc3)CC2)cn1. The summed E-state index contributed by atoms with van der Waals surface area (Å²) in [6, 6.07) is 14.7. The number of carbonyl (C=O) groups excluding carboxylic acids is 1. The third-order valence-corrected chi connectivity index (χ3v) is 4.75. The fraction of sp³-hybridized carbons (Fsp3) is 0.429. The second-order valence-electron chi connectivity index (χ2n) is 7.15. The van der Waals surface area contributed by atoms with Gasteiger partial charge in [-0.05, 0) is 56.7 Å². The van der Waals surface area contributed by atoms with Crippen LogP contribution in [-0.4, -0.2) is 30.0 Å². The number of amides is 1. The number of benzene rings is 1. The molecule has 1 saturated heterocycles. The third kappa shape index (κ3) is 4.81. The van der Waals surface area contributed by atoms with E-state index >= 15 is 0 Å². The molecule has 0 spiro atoms. The molecule has 0 atom stereocenters. The summed E-state index contributed by atoms with van der Waals surface area (Å²) in [6.07, 6.45) is 5.39. The minimum Gasteiger partial charge on any atom is -0.370 e. The van der Waals surface area contributed by atoms with Crippen molar-refractivity contribution in [3.63, 3.8) is 0 Å². The lowest BCUT2D eigenvalue weighted by molar-refractivity contribution is 0.0938. The summed E-state index contributed by atoms with van der Waals surface area (Å²) in [5, 5.41) is 2.87. The lowest BCUT2D eigenvalue weighted by Crippen LogP contribution is -2.34. The van der Waals surface area contributed by atoms with Crippen LogP contribution in [0, 0.1) is 5.92 Å². The summed E-state index contributed by atoms with van der Waals surface area (Å²) < 4.78 is 0. The highest BCUT2D eigenvalue weighted by Gasteiger charge is 2.20. The van der Waals surface area contributed by atoms with Crippen molar-refractivity contribution in [1.29, 1.82) is 0 Å². The van der Waals surface area contributed by atoms with Crippen LogP contribution in [-0.2, 0) is 6.42 Å². The molecular weight excluding hydrogens is 310 g/mol. The van der Waals surface area contributed by atoms with Crippen LogP contribution in [0.1, 0.15) is 42.7 Å². The largest absolute Gasteiger partial charge is 0.370 e. The van der Waals surface area contributed by atoms with E-state index in [1.807, 2.05) is 32.2 Å². The number of pyridine rings is 1. The molecular formula is C21H27N3O. The van der Waals surface area contributed by atoms with E-state index < -0.39 is 0 Å². The molecule has 132 valence electrons. The Hall–Kier alpha value is -2.36. The zero-order chi connectivity index (χ0) is 17.6. The Kier molecular flexibility index (Phi) is 5.69. The maximum Gasteiger partial charge on any atom is 0.270 e. The zero-order valence-corrected chi connectivity index (χ0v) is 15.1. The van der Waals surface area contributed by atoms with Gasteiger partial charge >= 0.3 is 0 Å². The molecule has 1 N–H and O–H groups in total. The Labute approximate surface area is 150 Å². The van der Waals surface area contributed by atoms with Gasteiger partial charge in [-0.2, -0.15) is 0 Å². The number of aromatic nitrogens is 1. The molecule has 3 rings (SSSR count). The molecule has 0 saturated carbocycles. The van der Waals surface area contributed by atoms with Gasteiger partial charge in [0.15, 0.2) is 0 Å². The quantitative estimate of drug-likeness (QED) is 0.905. The van der Waals surface area contributed by atoms with Crippen molar-refractivity contribution in [3.8, 4) is 0 Å². The van der Waals surface area contributed by atoms with Crippen LogP contribution in [0.15, 0.2) is 48.7 Å². The van der Waals surface area contributed by atoms with Crippen molar-refractivity contribution in [3.05, 3.63) is 59.9 Å². The molecule has 25 heavy (non-hydrogen) atoms. The van der Waals surface area contributed by atoms with Gasteiger partial charge < -0.3 is 10.2 Å². The molecule has 1 amide bonds.